The first-order valence-corrected chi connectivity index (χ1v) is 11.0. The summed E-state index contributed by atoms with van der Waals surface area (Å²) in [5.41, 5.74) is 0.796. The van der Waals surface area contributed by atoms with Gasteiger partial charge in [-0.2, -0.15) is 0 Å². The zero-order valence-electron chi connectivity index (χ0n) is 15.3. The fourth-order valence-corrected chi connectivity index (χ4v) is 5.63. The molecule has 2 fully saturated rings. The summed E-state index contributed by atoms with van der Waals surface area (Å²) in [6.07, 6.45) is 1.52. The second kappa shape index (κ2) is 8.26. The van der Waals surface area contributed by atoms with Gasteiger partial charge in [-0.3, -0.25) is 15.0 Å². The molecule has 2 saturated heterocycles. The van der Waals surface area contributed by atoms with Gasteiger partial charge in [-0.15, -0.1) is 0 Å². The minimum absolute atomic E-state index is 0.0410. The fourth-order valence-electron chi connectivity index (χ4n) is 3.67. The lowest BCUT2D eigenvalue weighted by atomic mass is 10.1. The summed E-state index contributed by atoms with van der Waals surface area (Å²) in [5, 5.41) is 5.43. The van der Waals surface area contributed by atoms with Crippen molar-refractivity contribution in [2.45, 2.75) is 31.8 Å². The summed E-state index contributed by atoms with van der Waals surface area (Å²) in [6, 6.07) is 5.87. The molecule has 9 heteroatoms. The molecule has 0 bridgehead atoms. The second-order valence-corrected chi connectivity index (χ2v) is 9.05. The number of anilines is 1. The van der Waals surface area contributed by atoms with E-state index in [2.05, 4.69) is 15.5 Å². The van der Waals surface area contributed by atoms with E-state index in [9.17, 15) is 18.0 Å². The lowest BCUT2D eigenvalue weighted by Gasteiger charge is -2.28. The van der Waals surface area contributed by atoms with Crippen molar-refractivity contribution < 1.29 is 22.7 Å². The first-order valence-electron chi connectivity index (χ1n) is 9.17. The molecule has 2 aliphatic rings. The molecular weight excluding hydrogens is 370 g/mol. The Morgan fingerprint density at radius 3 is 2.67 bits per heavy atom. The van der Waals surface area contributed by atoms with Crippen molar-refractivity contribution in [3.05, 3.63) is 29.8 Å². The highest BCUT2D eigenvalue weighted by molar-refractivity contribution is 7.91. The first kappa shape index (κ1) is 19.6. The van der Waals surface area contributed by atoms with Gasteiger partial charge >= 0.3 is 6.09 Å². The Morgan fingerprint density at radius 1 is 1.22 bits per heavy atom. The molecule has 1 aromatic carbocycles. The maximum Gasteiger partial charge on any atom is 0.411 e. The van der Waals surface area contributed by atoms with Crippen LogP contribution in [0, 0.1) is 0 Å². The van der Waals surface area contributed by atoms with Crippen LogP contribution >= 0.6 is 0 Å². The summed E-state index contributed by atoms with van der Waals surface area (Å²) in [6.45, 7) is 3.69. The SMILES string of the molecule is CCOC(=O)Nc1cccc(C(=O)N[C@H]2CS(=O)(=O)C[C@@H]2N2CCCC2)c1. The van der Waals surface area contributed by atoms with Gasteiger partial charge in [0.25, 0.3) is 5.91 Å². The van der Waals surface area contributed by atoms with Crippen molar-refractivity contribution in [2.24, 2.45) is 0 Å². The topological polar surface area (TPSA) is 105 Å². The Morgan fingerprint density at radius 2 is 1.96 bits per heavy atom. The molecule has 2 aliphatic heterocycles. The number of benzene rings is 1. The van der Waals surface area contributed by atoms with Crippen molar-refractivity contribution in [3.8, 4) is 0 Å². The maximum absolute atomic E-state index is 12.7. The van der Waals surface area contributed by atoms with Crippen molar-refractivity contribution >= 4 is 27.5 Å². The van der Waals surface area contributed by atoms with Gasteiger partial charge < -0.3 is 10.1 Å². The molecule has 0 radical (unpaired) electrons. The van der Waals surface area contributed by atoms with Gasteiger partial charge in [0.2, 0.25) is 0 Å². The van der Waals surface area contributed by atoms with E-state index in [4.69, 9.17) is 4.74 Å². The predicted octanol–water partition coefficient (Wildman–Crippen LogP) is 1.25. The molecule has 148 valence electrons. The molecule has 0 saturated carbocycles. The number of amides is 2. The third-order valence-electron chi connectivity index (χ3n) is 4.90. The van der Waals surface area contributed by atoms with Crippen LogP contribution in [-0.4, -0.2) is 68.6 Å². The molecule has 8 nitrogen and oxygen atoms in total. The van der Waals surface area contributed by atoms with E-state index in [0.29, 0.717) is 11.3 Å². The van der Waals surface area contributed by atoms with E-state index in [-0.39, 0.29) is 30.1 Å². The Hall–Kier alpha value is -2.13. The number of likely N-dealkylation sites (tertiary alicyclic amines) is 1. The van der Waals surface area contributed by atoms with E-state index >= 15 is 0 Å². The van der Waals surface area contributed by atoms with Crippen LogP contribution in [0.1, 0.15) is 30.1 Å². The van der Waals surface area contributed by atoms with Crippen LogP contribution in [0.5, 0.6) is 0 Å². The van der Waals surface area contributed by atoms with Crippen molar-refractivity contribution in [1.29, 1.82) is 0 Å². The molecule has 2 atom stereocenters. The lowest BCUT2D eigenvalue weighted by Crippen LogP contribution is -2.50. The molecule has 2 heterocycles. The standard InChI is InChI=1S/C18H25N3O5S/c1-2-26-18(23)19-14-7-5-6-13(10-14)17(22)20-15-11-27(24,25)12-16(15)21-8-3-4-9-21/h5-7,10,15-16H,2-4,8-9,11-12H2,1H3,(H,19,23)(H,20,22)/t15-,16-/m0/s1. The summed E-state index contributed by atoms with van der Waals surface area (Å²) in [7, 11) is -3.17. The lowest BCUT2D eigenvalue weighted by molar-refractivity contribution is 0.0918. The molecule has 0 aliphatic carbocycles. The minimum atomic E-state index is -3.17. The van der Waals surface area contributed by atoms with Crippen LogP contribution in [0.3, 0.4) is 0 Å². The molecule has 2 N–H and O–H groups in total. The fraction of sp³-hybridized carbons (Fsp3) is 0.556. The van der Waals surface area contributed by atoms with Crippen LogP contribution in [-0.2, 0) is 14.6 Å². The molecule has 3 rings (SSSR count). The number of hydrogen-bond acceptors (Lipinski definition) is 6. The van der Waals surface area contributed by atoms with E-state index in [1.807, 2.05) is 0 Å². The van der Waals surface area contributed by atoms with Gasteiger partial charge in [0, 0.05) is 17.3 Å². The van der Waals surface area contributed by atoms with E-state index in [0.717, 1.165) is 25.9 Å². The number of rotatable bonds is 5. The number of ether oxygens (including phenoxy) is 1. The summed E-state index contributed by atoms with van der Waals surface area (Å²) >= 11 is 0. The zero-order chi connectivity index (χ0) is 19.4. The predicted molar refractivity (Wildman–Crippen MR) is 102 cm³/mol. The van der Waals surface area contributed by atoms with Gasteiger partial charge in [-0.05, 0) is 51.1 Å². The third kappa shape index (κ3) is 4.98. The van der Waals surface area contributed by atoms with Gasteiger partial charge in [0.05, 0.1) is 24.2 Å². The van der Waals surface area contributed by atoms with Crippen molar-refractivity contribution in [2.75, 3.05) is 36.5 Å². The Labute approximate surface area is 159 Å². The van der Waals surface area contributed by atoms with Gasteiger partial charge in [0.15, 0.2) is 9.84 Å². The van der Waals surface area contributed by atoms with E-state index in [1.165, 1.54) is 0 Å². The van der Waals surface area contributed by atoms with Crippen molar-refractivity contribution in [1.82, 2.24) is 10.2 Å². The average molecular weight is 395 g/mol. The third-order valence-corrected chi connectivity index (χ3v) is 6.61. The highest BCUT2D eigenvalue weighted by Gasteiger charge is 2.42. The molecule has 0 aromatic heterocycles. The number of carbonyl (C=O) groups is 2. The first-order chi connectivity index (χ1) is 12.9. The van der Waals surface area contributed by atoms with Gasteiger partial charge in [-0.25, -0.2) is 13.2 Å². The van der Waals surface area contributed by atoms with Crippen LogP contribution in [0.15, 0.2) is 24.3 Å². The Balaban J connectivity index is 1.69. The van der Waals surface area contributed by atoms with Crippen LogP contribution < -0.4 is 10.6 Å². The number of nitrogens with zero attached hydrogens (tertiary/aromatic N) is 1. The summed E-state index contributed by atoms with van der Waals surface area (Å²) in [5.74, 6) is -0.308. The zero-order valence-corrected chi connectivity index (χ0v) is 16.1. The average Bonchev–Trinajstić information content (AvgIpc) is 3.22. The minimum Gasteiger partial charge on any atom is -0.450 e. The molecule has 1 aromatic rings. The van der Waals surface area contributed by atoms with Crippen LogP contribution in [0.2, 0.25) is 0 Å². The van der Waals surface area contributed by atoms with E-state index < -0.39 is 22.0 Å². The van der Waals surface area contributed by atoms with Crippen molar-refractivity contribution in [3.63, 3.8) is 0 Å². The van der Waals surface area contributed by atoms with Crippen LogP contribution in [0.4, 0.5) is 10.5 Å². The van der Waals surface area contributed by atoms with Gasteiger partial charge in [0.1, 0.15) is 0 Å². The highest BCUT2D eigenvalue weighted by Crippen LogP contribution is 2.23. The number of nitrogens with one attached hydrogen (secondary N) is 2. The quantitative estimate of drug-likeness (QED) is 0.777. The molecule has 27 heavy (non-hydrogen) atoms. The molecule has 0 unspecified atom stereocenters. The van der Waals surface area contributed by atoms with Gasteiger partial charge in [-0.1, -0.05) is 6.07 Å². The number of carbonyl (C=O) groups excluding carboxylic acids is 2. The molecular formula is C18H25N3O5S. The summed E-state index contributed by atoms with van der Waals surface area (Å²) in [4.78, 5) is 26.4. The smallest absolute Gasteiger partial charge is 0.411 e. The normalized spacial score (nSPS) is 24.5. The van der Waals surface area contributed by atoms with Crippen LogP contribution in [0.25, 0.3) is 0 Å². The highest BCUT2D eigenvalue weighted by atomic mass is 32.2. The largest absolute Gasteiger partial charge is 0.450 e. The Kier molecular flexibility index (Phi) is 6.01. The number of hydrogen-bond donors (Lipinski definition) is 2. The molecule has 2 amide bonds. The Bertz CT molecular complexity index is 805. The molecule has 0 spiro atoms. The summed E-state index contributed by atoms with van der Waals surface area (Å²) < 4.78 is 29.1. The monoisotopic (exact) mass is 395 g/mol. The second-order valence-electron chi connectivity index (χ2n) is 6.89. The van der Waals surface area contributed by atoms with E-state index in [1.54, 1.807) is 31.2 Å². The number of sulfone groups is 1. The maximum atomic E-state index is 12.7.